The van der Waals surface area contributed by atoms with Crippen LogP contribution < -0.4 is 15.0 Å². The number of aromatic amines is 1. The lowest BCUT2D eigenvalue weighted by molar-refractivity contribution is -0.144. The van der Waals surface area contributed by atoms with E-state index in [4.69, 9.17) is 14.2 Å². The normalized spacial score (nSPS) is 13.0. The van der Waals surface area contributed by atoms with Gasteiger partial charge in [0.1, 0.15) is 19.8 Å². The number of carbonyl (C=O) groups is 1. The standard InChI is InChI=1S/C20H24N6O6/c1-2-30-19(28)12-26-18(22-23-24-26)11-25(3-4-27)10-14-7-13-8-16-17(32-6-5-31-16)9-15(13)21-20(14)29/h7-9,27H,2-6,10-12H2,1H3,(H,21,29). The van der Waals surface area contributed by atoms with E-state index in [0.717, 1.165) is 5.39 Å². The van der Waals surface area contributed by atoms with Gasteiger partial charge in [-0.05, 0) is 29.5 Å². The van der Waals surface area contributed by atoms with Gasteiger partial charge in [-0.2, -0.15) is 0 Å². The van der Waals surface area contributed by atoms with Crippen LogP contribution in [0.1, 0.15) is 18.3 Å². The molecule has 0 atom stereocenters. The number of aliphatic hydroxyl groups excluding tert-OH is 1. The number of hydrogen-bond donors (Lipinski definition) is 2. The second-order valence-electron chi connectivity index (χ2n) is 7.20. The van der Waals surface area contributed by atoms with E-state index < -0.39 is 5.97 Å². The highest BCUT2D eigenvalue weighted by Gasteiger charge is 2.18. The summed E-state index contributed by atoms with van der Waals surface area (Å²) in [6, 6.07) is 5.38. The molecule has 2 aromatic heterocycles. The summed E-state index contributed by atoms with van der Waals surface area (Å²) in [6.45, 7) is 3.43. The Bertz CT molecular complexity index is 1160. The van der Waals surface area contributed by atoms with Crippen LogP contribution in [0.25, 0.3) is 10.9 Å². The minimum Gasteiger partial charge on any atom is -0.486 e. The molecule has 3 heterocycles. The zero-order chi connectivity index (χ0) is 22.5. The first-order chi connectivity index (χ1) is 15.6. The van der Waals surface area contributed by atoms with E-state index in [9.17, 15) is 14.7 Å². The zero-order valence-electron chi connectivity index (χ0n) is 17.6. The van der Waals surface area contributed by atoms with Gasteiger partial charge in [-0.3, -0.25) is 14.5 Å². The number of hydrogen-bond acceptors (Lipinski definition) is 10. The number of ether oxygens (including phenoxy) is 3. The number of tetrazole rings is 1. The van der Waals surface area contributed by atoms with Crippen molar-refractivity contribution in [3.8, 4) is 11.5 Å². The van der Waals surface area contributed by atoms with Gasteiger partial charge in [0.2, 0.25) is 0 Å². The van der Waals surface area contributed by atoms with Gasteiger partial charge in [0, 0.05) is 30.1 Å². The fraction of sp³-hybridized carbons (Fsp3) is 0.450. The third-order valence-corrected chi connectivity index (χ3v) is 4.95. The predicted molar refractivity (Wildman–Crippen MR) is 111 cm³/mol. The Morgan fingerprint density at radius 1 is 1.25 bits per heavy atom. The van der Waals surface area contributed by atoms with E-state index in [1.54, 1.807) is 19.1 Å². The molecule has 0 bridgehead atoms. The number of benzene rings is 1. The molecule has 1 aromatic carbocycles. The number of carbonyl (C=O) groups excluding carboxylic acids is 1. The van der Waals surface area contributed by atoms with Gasteiger partial charge < -0.3 is 24.3 Å². The summed E-state index contributed by atoms with van der Waals surface area (Å²) < 4.78 is 17.5. The van der Waals surface area contributed by atoms with E-state index in [1.165, 1.54) is 4.68 Å². The third kappa shape index (κ3) is 4.86. The largest absolute Gasteiger partial charge is 0.486 e. The SMILES string of the molecule is CCOC(=O)Cn1nnnc1CN(CCO)Cc1cc2cc3c(cc2[nH]c1=O)OCCO3. The number of rotatable bonds is 9. The number of nitrogens with zero attached hydrogens (tertiary/aromatic N) is 5. The number of esters is 1. The van der Waals surface area contributed by atoms with Crippen LogP contribution in [0, 0.1) is 0 Å². The monoisotopic (exact) mass is 444 g/mol. The smallest absolute Gasteiger partial charge is 0.327 e. The fourth-order valence-corrected chi connectivity index (χ4v) is 3.49. The number of aromatic nitrogens is 5. The van der Waals surface area contributed by atoms with Crippen molar-refractivity contribution in [2.24, 2.45) is 0 Å². The number of fused-ring (bicyclic) bond motifs is 2. The summed E-state index contributed by atoms with van der Waals surface area (Å²) in [7, 11) is 0. The summed E-state index contributed by atoms with van der Waals surface area (Å²) in [4.78, 5) is 29.2. The Balaban J connectivity index is 1.55. The summed E-state index contributed by atoms with van der Waals surface area (Å²) >= 11 is 0. The predicted octanol–water partition coefficient (Wildman–Crippen LogP) is -0.157. The maximum Gasteiger partial charge on any atom is 0.327 e. The Hall–Kier alpha value is -3.51. The molecule has 170 valence electrons. The Kier molecular flexibility index (Phi) is 6.61. The molecule has 0 unspecified atom stereocenters. The van der Waals surface area contributed by atoms with Crippen molar-refractivity contribution in [3.05, 3.63) is 39.9 Å². The molecule has 0 saturated carbocycles. The quantitative estimate of drug-likeness (QED) is 0.427. The molecular weight excluding hydrogens is 420 g/mol. The second-order valence-corrected chi connectivity index (χ2v) is 7.20. The van der Waals surface area contributed by atoms with Crippen LogP contribution in [0.4, 0.5) is 0 Å². The van der Waals surface area contributed by atoms with Gasteiger partial charge in [0.25, 0.3) is 5.56 Å². The van der Waals surface area contributed by atoms with Crippen LogP contribution in [0.5, 0.6) is 11.5 Å². The van der Waals surface area contributed by atoms with Gasteiger partial charge in [-0.15, -0.1) is 5.10 Å². The van der Waals surface area contributed by atoms with Crippen molar-refractivity contribution >= 4 is 16.9 Å². The van der Waals surface area contributed by atoms with Crippen molar-refractivity contribution in [1.82, 2.24) is 30.1 Å². The highest BCUT2D eigenvalue weighted by molar-refractivity contribution is 5.83. The van der Waals surface area contributed by atoms with E-state index >= 15 is 0 Å². The first-order valence-corrected chi connectivity index (χ1v) is 10.3. The molecule has 1 aliphatic rings. The van der Waals surface area contributed by atoms with Crippen molar-refractivity contribution < 1.29 is 24.1 Å². The van der Waals surface area contributed by atoms with Gasteiger partial charge in [-0.1, -0.05) is 0 Å². The van der Waals surface area contributed by atoms with Crippen molar-refractivity contribution in [1.29, 1.82) is 0 Å². The number of pyridine rings is 1. The molecule has 0 spiro atoms. The highest BCUT2D eigenvalue weighted by Crippen LogP contribution is 2.33. The lowest BCUT2D eigenvalue weighted by Crippen LogP contribution is -2.31. The van der Waals surface area contributed by atoms with E-state index in [0.29, 0.717) is 41.6 Å². The summed E-state index contributed by atoms with van der Waals surface area (Å²) in [5, 5.41) is 21.7. The lowest BCUT2D eigenvalue weighted by Gasteiger charge is -2.21. The van der Waals surface area contributed by atoms with Crippen molar-refractivity contribution in [2.75, 3.05) is 33.0 Å². The fourth-order valence-electron chi connectivity index (χ4n) is 3.49. The number of nitrogens with one attached hydrogen (secondary N) is 1. The highest BCUT2D eigenvalue weighted by atomic mass is 16.6. The van der Waals surface area contributed by atoms with Crippen LogP contribution >= 0.6 is 0 Å². The second kappa shape index (κ2) is 9.75. The van der Waals surface area contributed by atoms with Crippen LogP contribution in [0.3, 0.4) is 0 Å². The minimum atomic E-state index is -0.449. The summed E-state index contributed by atoms with van der Waals surface area (Å²) in [6.07, 6.45) is 0. The van der Waals surface area contributed by atoms with Gasteiger partial charge in [0.15, 0.2) is 17.3 Å². The molecule has 1 aliphatic heterocycles. The molecule has 3 aromatic rings. The molecule has 0 aliphatic carbocycles. The van der Waals surface area contributed by atoms with Crippen LogP contribution in [-0.4, -0.2) is 74.1 Å². The van der Waals surface area contributed by atoms with Crippen molar-refractivity contribution in [2.45, 2.75) is 26.6 Å². The van der Waals surface area contributed by atoms with Gasteiger partial charge in [0.05, 0.1) is 25.3 Å². The summed E-state index contributed by atoms with van der Waals surface area (Å²) in [5.41, 5.74) is 0.908. The topological polar surface area (TPSA) is 145 Å². The molecule has 0 fully saturated rings. The molecule has 12 heteroatoms. The Morgan fingerprint density at radius 3 is 2.78 bits per heavy atom. The van der Waals surface area contributed by atoms with Gasteiger partial charge in [-0.25, -0.2) is 4.68 Å². The number of aliphatic hydroxyl groups is 1. The first kappa shape index (κ1) is 21.7. The first-order valence-electron chi connectivity index (χ1n) is 10.3. The van der Waals surface area contributed by atoms with Crippen LogP contribution in [0.15, 0.2) is 23.0 Å². The molecule has 12 nitrogen and oxygen atoms in total. The number of H-pyrrole nitrogens is 1. The molecular formula is C20H24N6O6. The third-order valence-electron chi connectivity index (χ3n) is 4.95. The Labute approximate surface area is 182 Å². The zero-order valence-corrected chi connectivity index (χ0v) is 17.6. The van der Waals surface area contributed by atoms with E-state index in [2.05, 4.69) is 20.5 Å². The molecule has 32 heavy (non-hydrogen) atoms. The molecule has 4 rings (SSSR count). The Morgan fingerprint density at radius 2 is 2.03 bits per heavy atom. The average molecular weight is 444 g/mol. The average Bonchev–Trinajstić information content (AvgIpc) is 3.19. The van der Waals surface area contributed by atoms with Crippen LogP contribution in [0.2, 0.25) is 0 Å². The maximum atomic E-state index is 12.7. The van der Waals surface area contributed by atoms with Crippen molar-refractivity contribution in [3.63, 3.8) is 0 Å². The summed E-state index contributed by atoms with van der Waals surface area (Å²) in [5.74, 6) is 1.20. The maximum absolute atomic E-state index is 12.7. The van der Waals surface area contributed by atoms with Gasteiger partial charge >= 0.3 is 5.97 Å². The lowest BCUT2D eigenvalue weighted by atomic mass is 10.1. The van der Waals surface area contributed by atoms with E-state index in [-0.39, 0.29) is 45.0 Å². The van der Waals surface area contributed by atoms with Crippen LogP contribution in [-0.2, 0) is 29.2 Å². The molecule has 2 N–H and O–H groups in total. The minimum absolute atomic E-state index is 0.118. The molecule has 0 radical (unpaired) electrons. The molecule has 0 saturated heterocycles. The van der Waals surface area contributed by atoms with E-state index in [1.807, 2.05) is 11.0 Å². The molecule has 0 amide bonds.